The Morgan fingerprint density at radius 2 is 1.87 bits per heavy atom. The highest BCUT2D eigenvalue weighted by molar-refractivity contribution is 7.89. The van der Waals surface area contributed by atoms with Gasteiger partial charge in [0.2, 0.25) is 15.9 Å². The van der Waals surface area contributed by atoms with Crippen LogP contribution in [0.3, 0.4) is 0 Å². The first-order valence-electron chi connectivity index (χ1n) is 10.3. The Morgan fingerprint density at radius 3 is 2.55 bits per heavy atom. The van der Waals surface area contributed by atoms with E-state index in [0.29, 0.717) is 19.0 Å². The molecule has 0 unspecified atom stereocenters. The third-order valence-corrected chi connectivity index (χ3v) is 7.84. The number of hydrogen-bond acceptors (Lipinski definition) is 4. The molecule has 31 heavy (non-hydrogen) atoms. The number of ether oxygens (including phenoxy) is 1. The predicted octanol–water partition coefficient (Wildman–Crippen LogP) is 3.20. The number of nitrogens with one attached hydrogen (secondary N) is 1. The molecule has 0 atom stereocenters. The molecule has 1 aromatic heterocycles. The molecule has 1 aliphatic heterocycles. The number of fused-ring (bicyclic) bond motifs is 1. The van der Waals surface area contributed by atoms with E-state index >= 15 is 0 Å². The number of rotatable bonds is 6. The number of nitrogens with zero attached hydrogens (tertiary/aromatic N) is 2. The first kappa shape index (κ1) is 21.4. The van der Waals surface area contributed by atoms with E-state index in [4.69, 9.17) is 4.74 Å². The van der Waals surface area contributed by atoms with Gasteiger partial charge in [-0.15, -0.1) is 0 Å². The van der Waals surface area contributed by atoms with Crippen molar-refractivity contribution in [3.8, 4) is 5.75 Å². The van der Waals surface area contributed by atoms with Crippen LogP contribution in [0.2, 0.25) is 0 Å². The summed E-state index contributed by atoms with van der Waals surface area (Å²) in [5, 5.41) is 1.15. The zero-order valence-corrected chi connectivity index (χ0v) is 18.6. The fourth-order valence-electron chi connectivity index (χ4n) is 4.17. The lowest BCUT2D eigenvalue weighted by Gasteiger charge is -2.33. The van der Waals surface area contributed by atoms with Gasteiger partial charge in [0.15, 0.2) is 0 Å². The highest BCUT2D eigenvalue weighted by Gasteiger charge is 2.29. The van der Waals surface area contributed by atoms with E-state index < -0.39 is 10.0 Å². The van der Waals surface area contributed by atoms with Crippen LogP contribution in [0, 0.1) is 0 Å². The van der Waals surface area contributed by atoms with Crippen molar-refractivity contribution >= 4 is 26.8 Å². The number of likely N-dealkylation sites (N-methyl/N-ethyl adjacent to an activating group) is 1. The number of aromatic nitrogens is 1. The molecule has 1 aliphatic rings. The highest BCUT2D eigenvalue weighted by Crippen LogP contribution is 2.34. The summed E-state index contributed by atoms with van der Waals surface area (Å²) in [7, 11) is -0.570. The molecule has 1 N–H and O–H groups in total. The fourth-order valence-corrected chi connectivity index (χ4v) is 5.32. The number of amides is 1. The van der Waals surface area contributed by atoms with Crippen LogP contribution in [0.25, 0.3) is 10.9 Å². The zero-order valence-electron chi connectivity index (χ0n) is 17.7. The minimum absolute atomic E-state index is 0.161. The number of hydrogen-bond donors (Lipinski definition) is 1. The van der Waals surface area contributed by atoms with Gasteiger partial charge in [0.05, 0.1) is 18.6 Å². The number of piperidine rings is 1. The predicted molar refractivity (Wildman–Crippen MR) is 120 cm³/mol. The maximum Gasteiger partial charge on any atom is 0.243 e. The number of likely N-dealkylation sites (tertiary alicyclic amines) is 1. The Bertz CT molecular complexity index is 1170. The summed E-state index contributed by atoms with van der Waals surface area (Å²) in [4.78, 5) is 18.1. The SMILES string of the molecule is COc1ccc2[nH]cc(C3CCN(C(=O)CN(C)S(=O)(=O)c4ccccc4)CC3)c2c1. The normalized spacial score (nSPS) is 15.5. The number of benzene rings is 2. The minimum atomic E-state index is -3.68. The van der Waals surface area contributed by atoms with Crippen LogP contribution in [-0.2, 0) is 14.8 Å². The van der Waals surface area contributed by atoms with E-state index in [0.717, 1.165) is 33.8 Å². The van der Waals surface area contributed by atoms with E-state index in [-0.39, 0.29) is 17.3 Å². The van der Waals surface area contributed by atoms with Crippen molar-refractivity contribution < 1.29 is 17.9 Å². The van der Waals surface area contributed by atoms with Gasteiger partial charge in [-0.25, -0.2) is 8.42 Å². The van der Waals surface area contributed by atoms with E-state index in [9.17, 15) is 13.2 Å². The molecule has 0 bridgehead atoms. The van der Waals surface area contributed by atoms with Crippen molar-refractivity contribution in [2.24, 2.45) is 0 Å². The smallest absolute Gasteiger partial charge is 0.243 e. The molecule has 0 saturated carbocycles. The standard InChI is InChI=1S/C23H27N3O4S/c1-25(31(28,29)19-6-4-3-5-7-19)16-23(27)26-12-10-17(11-13-26)21-15-24-22-9-8-18(30-2)14-20(21)22/h3-9,14-15,17,24H,10-13,16H2,1-2H3. The Kier molecular flexibility index (Phi) is 6.02. The molecule has 0 radical (unpaired) electrons. The Labute approximate surface area is 182 Å². The number of aromatic amines is 1. The van der Waals surface area contributed by atoms with Crippen molar-refractivity contribution in [2.45, 2.75) is 23.7 Å². The van der Waals surface area contributed by atoms with Crippen molar-refractivity contribution in [2.75, 3.05) is 33.8 Å². The summed E-state index contributed by atoms with van der Waals surface area (Å²) in [5.74, 6) is 1.00. The van der Waals surface area contributed by atoms with Crippen LogP contribution in [0.5, 0.6) is 5.75 Å². The van der Waals surface area contributed by atoms with Crippen LogP contribution < -0.4 is 4.74 Å². The van der Waals surface area contributed by atoms with Gasteiger partial charge in [-0.2, -0.15) is 4.31 Å². The average Bonchev–Trinajstić information content (AvgIpc) is 3.22. The van der Waals surface area contributed by atoms with Crippen molar-refractivity contribution in [3.05, 3.63) is 60.3 Å². The Balaban J connectivity index is 1.39. The molecule has 0 spiro atoms. The molecule has 1 fully saturated rings. The van der Waals surface area contributed by atoms with Crippen LogP contribution >= 0.6 is 0 Å². The molecule has 0 aliphatic carbocycles. The van der Waals surface area contributed by atoms with Gasteiger partial charge < -0.3 is 14.6 Å². The Morgan fingerprint density at radius 1 is 1.16 bits per heavy atom. The monoisotopic (exact) mass is 441 g/mol. The van der Waals surface area contributed by atoms with Gasteiger partial charge in [-0.05, 0) is 54.7 Å². The summed E-state index contributed by atoms with van der Waals surface area (Å²) in [5.41, 5.74) is 2.31. The van der Waals surface area contributed by atoms with Crippen molar-refractivity contribution in [1.29, 1.82) is 0 Å². The lowest BCUT2D eigenvalue weighted by atomic mass is 9.89. The maximum atomic E-state index is 12.8. The summed E-state index contributed by atoms with van der Waals surface area (Å²) < 4.78 is 31.8. The number of sulfonamides is 1. The molecule has 2 aromatic carbocycles. The van der Waals surface area contributed by atoms with Crippen molar-refractivity contribution in [1.82, 2.24) is 14.2 Å². The van der Waals surface area contributed by atoms with Gasteiger partial charge in [0.25, 0.3) is 0 Å². The van der Waals surface area contributed by atoms with E-state index in [1.807, 2.05) is 24.4 Å². The van der Waals surface area contributed by atoms with Crippen LogP contribution in [0.4, 0.5) is 0 Å². The molecule has 4 rings (SSSR count). The molecule has 3 aromatic rings. The van der Waals surface area contributed by atoms with E-state index in [1.165, 1.54) is 24.7 Å². The molecular formula is C23H27N3O4S. The molecule has 2 heterocycles. The molecule has 1 saturated heterocycles. The average molecular weight is 442 g/mol. The van der Waals surface area contributed by atoms with Crippen molar-refractivity contribution in [3.63, 3.8) is 0 Å². The van der Waals surface area contributed by atoms with Gasteiger partial charge in [0, 0.05) is 37.2 Å². The van der Waals surface area contributed by atoms with Crippen LogP contribution in [0.1, 0.15) is 24.3 Å². The topological polar surface area (TPSA) is 82.7 Å². The third-order valence-electron chi connectivity index (χ3n) is 6.02. The number of carbonyl (C=O) groups is 1. The summed E-state index contributed by atoms with van der Waals surface area (Å²) >= 11 is 0. The molecule has 164 valence electrons. The van der Waals surface area contributed by atoms with Gasteiger partial charge in [-0.1, -0.05) is 18.2 Å². The van der Waals surface area contributed by atoms with Crippen LogP contribution in [0.15, 0.2) is 59.6 Å². The van der Waals surface area contributed by atoms with Crippen LogP contribution in [-0.4, -0.2) is 62.3 Å². The molecule has 1 amide bonds. The maximum absolute atomic E-state index is 12.8. The first-order valence-corrected chi connectivity index (χ1v) is 11.8. The summed E-state index contributed by atoms with van der Waals surface area (Å²) in [6, 6.07) is 14.2. The Hall–Kier alpha value is -2.84. The third kappa shape index (κ3) is 4.31. The van der Waals surface area contributed by atoms with E-state index in [2.05, 4.69) is 4.98 Å². The second kappa shape index (κ2) is 8.72. The fraction of sp³-hybridized carbons (Fsp3) is 0.348. The van der Waals surface area contributed by atoms with E-state index in [1.54, 1.807) is 30.2 Å². The summed E-state index contributed by atoms with van der Waals surface area (Å²) in [6.45, 7) is 1.06. The largest absolute Gasteiger partial charge is 0.497 e. The minimum Gasteiger partial charge on any atom is -0.497 e. The van der Waals surface area contributed by atoms with Gasteiger partial charge >= 0.3 is 0 Å². The molecular weight excluding hydrogens is 414 g/mol. The second-order valence-corrected chi connectivity index (χ2v) is 9.93. The molecule has 8 heteroatoms. The number of methoxy groups -OCH3 is 1. The van der Waals surface area contributed by atoms with Gasteiger partial charge in [0.1, 0.15) is 5.75 Å². The van der Waals surface area contributed by atoms with Gasteiger partial charge in [-0.3, -0.25) is 4.79 Å². The lowest BCUT2D eigenvalue weighted by molar-refractivity contribution is -0.132. The number of carbonyl (C=O) groups excluding carboxylic acids is 1. The quantitative estimate of drug-likeness (QED) is 0.637. The summed E-state index contributed by atoms with van der Waals surface area (Å²) in [6.07, 6.45) is 3.72. The highest BCUT2D eigenvalue weighted by atomic mass is 32.2. The second-order valence-electron chi connectivity index (χ2n) is 7.88. The number of H-pyrrole nitrogens is 1. The lowest BCUT2D eigenvalue weighted by Crippen LogP contribution is -2.44. The first-order chi connectivity index (χ1) is 14.9. The zero-order chi connectivity index (χ0) is 22.0. The molecule has 7 nitrogen and oxygen atoms in total.